The minimum absolute atomic E-state index is 0.692. The van der Waals surface area contributed by atoms with Gasteiger partial charge in [-0.05, 0) is 12.3 Å². The van der Waals surface area contributed by atoms with E-state index in [2.05, 4.69) is 25.7 Å². The summed E-state index contributed by atoms with van der Waals surface area (Å²) >= 11 is 0. The predicted molar refractivity (Wildman–Crippen MR) is 40.4 cm³/mol. The molecule has 1 rings (SSSR count). The van der Waals surface area contributed by atoms with Crippen LogP contribution in [0, 0.1) is 5.92 Å². The first-order valence-corrected chi connectivity index (χ1v) is 3.60. The fraction of sp³-hybridized carbons (Fsp3) is 0.750. The van der Waals surface area contributed by atoms with Gasteiger partial charge in [-0.3, -0.25) is 0 Å². The first-order valence-electron chi connectivity index (χ1n) is 3.60. The maximum atomic E-state index is 3.92. The summed E-state index contributed by atoms with van der Waals surface area (Å²) in [6.45, 7) is 9.45. The largest absolute Gasteiger partial charge is 0.310 e. The summed E-state index contributed by atoms with van der Waals surface area (Å²) in [4.78, 5) is 0. The lowest BCUT2D eigenvalue weighted by atomic mass is 10.0. The first kappa shape index (κ1) is 6.81. The van der Waals surface area contributed by atoms with E-state index in [-0.39, 0.29) is 0 Å². The van der Waals surface area contributed by atoms with Crippen LogP contribution in [0.3, 0.4) is 0 Å². The summed E-state index contributed by atoms with van der Waals surface area (Å²) in [7, 11) is 0. The van der Waals surface area contributed by atoms with Crippen molar-refractivity contribution in [3.05, 3.63) is 12.2 Å². The van der Waals surface area contributed by atoms with Gasteiger partial charge in [0.05, 0.1) is 0 Å². The second kappa shape index (κ2) is 2.53. The molecule has 52 valence electrons. The third-order valence-electron chi connectivity index (χ3n) is 1.93. The van der Waals surface area contributed by atoms with Crippen LogP contribution in [0.1, 0.15) is 20.3 Å². The molecule has 0 bridgehead atoms. The van der Waals surface area contributed by atoms with Crippen molar-refractivity contribution in [3.8, 4) is 0 Å². The monoisotopic (exact) mass is 125 g/mol. The van der Waals surface area contributed by atoms with E-state index in [0.29, 0.717) is 6.04 Å². The van der Waals surface area contributed by atoms with Crippen molar-refractivity contribution in [2.75, 3.05) is 6.54 Å². The molecular weight excluding hydrogens is 110 g/mol. The van der Waals surface area contributed by atoms with Gasteiger partial charge in [0.15, 0.2) is 0 Å². The van der Waals surface area contributed by atoms with Crippen molar-refractivity contribution in [2.24, 2.45) is 5.92 Å². The fourth-order valence-corrected chi connectivity index (χ4v) is 1.20. The van der Waals surface area contributed by atoms with E-state index in [4.69, 9.17) is 0 Å². The van der Waals surface area contributed by atoms with E-state index in [0.717, 1.165) is 12.5 Å². The van der Waals surface area contributed by atoms with Crippen molar-refractivity contribution >= 4 is 0 Å². The van der Waals surface area contributed by atoms with Gasteiger partial charge in [0.1, 0.15) is 0 Å². The molecule has 0 unspecified atom stereocenters. The van der Waals surface area contributed by atoms with Crippen LogP contribution < -0.4 is 5.32 Å². The van der Waals surface area contributed by atoms with Crippen LogP contribution in [0.2, 0.25) is 0 Å². The predicted octanol–water partition coefficient (Wildman–Crippen LogP) is 1.56. The minimum Gasteiger partial charge on any atom is -0.310 e. The van der Waals surface area contributed by atoms with Crippen LogP contribution in [0.25, 0.3) is 0 Å². The summed E-state index contributed by atoms with van der Waals surface area (Å²) in [5, 5.41) is 3.41. The highest BCUT2D eigenvalue weighted by Gasteiger charge is 2.19. The molecular formula is C8H15N. The minimum atomic E-state index is 0.692. The van der Waals surface area contributed by atoms with E-state index in [1.807, 2.05) is 0 Å². The topological polar surface area (TPSA) is 12.0 Å². The van der Waals surface area contributed by atoms with Gasteiger partial charge >= 0.3 is 0 Å². The van der Waals surface area contributed by atoms with Gasteiger partial charge in [0.2, 0.25) is 0 Å². The number of hydrogen-bond acceptors (Lipinski definition) is 1. The van der Waals surface area contributed by atoms with Crippen LogP contribution in [0.5, 0.6) is 0 Å². The molecule has 1 heteroatoms. The molecule has 1 atom stereocenters. The van der Waals surface area contributed by atoms with E-state index < -0.39 is 0 Å². The lowest BCUT2D eigenvalue weighted by molar-refractivity contribution is 0.455. The molecule has 0 amide bonds. The van der Waals surface area contributed by atoms with Crippen molar-refractivity contribution in [1.82, 2.24) is 5.32 Å². The van der Waals surface area contributed by atoms with Crippen LogP contribution >= 0.6 is 0 Å². The van der Waals surface area contributed by atoms with Crippen molar-refractivity contribution in [1.29, 1.82) is 0 Å². The third-order valence-corrected chi connectivity index (χ3v) is 1.93. The van der Waals surface area contributed by atoms with Crippen molar-refractivity contribution in [2.45, 2.75) is 26.3 Å². The molecule has 0 aliphatic carbocycles. The number of rotatable bonds is 1. The van der Waals surface area contributed by atoms with Crippen LogP contribution in [0.15, 0.2) is 12.2 Å². The van der Waals surface area contributed by atoms with Crippen LogP contribution in [-0.2, 0) is 0 Å². The fourth-order valence-electron chi connectivity index (χ4n) is 1.20. The Balaban J connectivity index is 2.39. The van der Waals surface area contributed by atoms with Gasteiger partial charge in [-0.25, -0.2) is 0 Å². The van der Waals surface area contributed by atoms with Crippen molar-refractivity contribution in [3.63, 3.8) is 0 Å². The quantitative estimate of drug-likeness (QED) is 0.524. The summed E-state index contributed by atoms with van der Waals surface area (Å²) in [6.07, 6.45) is 1.18. The molecule has 1 aliphatic heterocycles. The van der Waals surface area contributed by atoms with Crippen LogP contribution in [0.4, 0.5) is 0 Å². The van der Waals surface area contributed by atoms with Crippen molar-refractivity contribution < 1.29 is 0 Å². The zero-order valence-electron chi connectivity index (χ0n) is 6.28. The highest BCUT2D eigenvalue weighted by atomic mass is 14.9. The third kappa shape index (κ3) is 1.55. The summed E-state index contributed by atoms with van der Waals surface area (Å²) in [6, 6.07) is 0.692. The van der Waals surface area contributed by atoms with Crippen LogP contribution in [-0.4, -0.2) is 12.6 Å². The second-order valence-electron chi connectivity index (χ2n) is 3.19. The van der Waals surface area contributed by atoms with E-state index in [1.54, 1.807) is 0 Å². The standard InChI is InChI=1S/C8H15N/c1-6(2)8-4-7(3)5-9-8/h6,8-9H,3-5H2,1-2H3/t8-/m0/s1. The van der Waals surface area contributed by atoms with E-state index >= 15 is 0 Å². The number of nitrogens with one attached hydrogen (secondary N) is 1. The normalized spacial score (nSPS) is 27.9. The Morgan fingerprint density at radius 1 is 1.67 bits per heavy atom. The molecule has 1 heterocycles. The first-order chi connectivity index (χ1) is 4.20. The maximum absolute atomic E-state index is 3.92. The molecule has 1 saturated heterocycles. The molecule has 9 heavy (non-hydrogen) atoms. The van der Waals surface area contributed by atoms with Gasteiger partial charge in [0, 0.05) is 12.6 Å². The van der Waals surface area contributed by atoms with Gasteiger partial charge in [0.25, 0.3) is 0 Å². The van der Waals surface area contributed by atoms with E-state index in [1.165, 1.54) is 12.0 Å². The molecule has 1 nitrogen and oxygen atoms in total. The average molecular weight is 125 g/mol. The molecule has 1 fully saturated rings. The highest BCUT2D eigenvalue weighted by molar-refractivity contribution is 5.07. The lowest BCUT2D eigenvalue weighted by Gasteiger charge is -2.12. The van der Waals surface area contributed by atoms with E-state index in [9.17, 15) is 0 Å². The summed E-state index contributed by atoms with van der Waals surface area (Å²) < 4.78 is 0. The van der Waals surface area contributed by atoms with Gasteiger partial charge in [-0.15, -0.1) is 0 Å². The zero-order valence-corrected chi connectivity index (χ0v) is 6.28. The molecule has 0 spiro atoms. The smallest absolute Gasteiger partial charge is 0.0165 e. The SMILES string of the molecule is C=C1CN[C@H](C(C)C)C1. The Kier molecular flexibility index (Phi) is 1.91. The van der Waals surface area contributed by atoms with Gasteiger partial charge in [-0.2, -0.15) is 0 Å². The Labute approximate surface area is 57.1 Å². The molecule has 0 radical (unpaired) electrons. The Hall–Kier alpha value is -0.300. The molecule has 0 saturated carbocycles. The zero-order chi connectivity index (χ0) is 6.85. The van der Waals surface area contributed by atoms with Gasteiger partial charge in [-0.1, -0.05) is 26.0 Å². The Morgan fingerprint density at radius 3 is 2.56 bits per heavy atom. The molecule has 1 N–H and O–H groups in total. The highest BCUT2D eigenvalue weighted by Crippen LogP contribution is 2.16. The number of hydrogen-bond donors (Lipinski definition) is 1. The lowest BCUT2D eigenvalue weighted by Crippen LogP contribution is -2.26. The second-order valence-corrected chi connectivity index (χ2v) is 3.19. The molecule has 0 aromatic carbocycles. The average Bonchev–Trinajstić information content (AvgIpc) is 2.14. The van der Waals surface area contributed by atoms with Gasteiger partial charge < -0.3 is 5.32 Å². The maximum Gasteiger partial charge on any atom is 0.0165 e. The molecule has 0 aromatic rings. The summed E-state index contributed by atoms with van der Waals surface area (Å²) in [5.41, 5.74) is 1.36. The summed E-state index contributed by atoms with van der Waals surface area (Å²) in [5.74, 6) is 0.754. The molecule has 1 aliphatic rings. The molecule has 0 aromatic heterocycles. The Bertz CT molecular complexity index is 116. The Morgan fingerprint density at radius 2 is 2.33 bits per heavy atom.